The Kier molecular flexibility index (Phi) is 3.14. The van der Waals surface area contributed by atoms with Crippen molar-refractivity contribution in [3.63, 3.8) is 0 Å². The van der Waals surface area contributed by atoms with Gasteiger partial charge < -0.3 is 15.9 Å². The Morgan fingerprint density at radius 1 is 1.90 bits per heavy atom. The fourth-order valence-corrected chi connectivity index (χ4v) is 0.778. The molecule has 0 aromatic carbocycles. The quantitative estimate of drug-likeness (QED) is 0.407. The van der Waals surface area contributed by atoms with Gasteiger partial charge in [0, 0.05) is 5.75 Å². The highest BCUT2D eigenvalue weighted by Crippen LogP contribution is 2.08. The van der Waals surface area contributed by atoms with Crippen molar-refractivity contribution < 1.29 is 15.0 Å². The van der Waals surface area contributed by atoms with Gasteiger partial charge in [0.1, 0.15) is 5.54 Å². The van der Waals surface area contributed by atoms with E-state index in [9.17, 15) is 4.79 Å². The molecule has 2 atom stereocenters. The highest BCUT2D eigenvalue weighted by atomic mass is 32.1. The second kappa shape index (κ2) is 3.23. The van der Waals surface area contributed by atoms with E-state index in [0.717, 1.165) is 0 Å². The van der Waals surface area contributed by atoms with Gasteiger partial charge in [0.05, 0.1) is 6.10 Å². The van der Waals surface area contributed by atoms with Gasteiger partial charge in [-0.15, -0.1) is 0 Å². The summed E-state index contributed by atoms with van der Waals surface area (Å²) in [5.74, 6) is -1.32. The van der Waals surface area contributed by atoms with Crippen LogP contribution in [0.25, 0.3) is 0 Å². The maximum absolute atomic E-state index is 10.4. The van der Waals surface area contributed by atoms with Crippen LogP contribution >= 0.6 is 12.6 Å². The molecule has 0 radical (unpaired) electrons. The summed E-state index contributed by atoms with van der Waals surface area (Å²) in [6.45, 7) is 1.32. The second-order valence-electron chi connectivity index (χ2n) is 2.18. The molecule has 0 saturated heterocycles. The lowest BCUT2D eigenvalue weighted by Gasteiger charge is -2.25. The number of aliphatic hydroxyl groups is 1. The molecule has 0 aromatic rings. The third-order valence-corrected chi connectivity index (χ3v) is 1.93. The molecule has 0 heterocycles. The first-order valence-electron chi connectivity index (χ1n) is 2.76. The highest BCUT2D eigenvalue weighted by molar-refractivity contribution is 7.80. The Morgan fingerprint density at radius 2 is 2.30 bits per heavy atom. The van der Waals surface area contributed by atoms with Crippen molar-refractivity contribution in [1.29, 1.82) is 0 Å². The maximum Gasteiger partial charge on any atom is 0.327 e. The first-order chi connectivity index (χ1) is 4.45. The van der Waals surface area contributed by atoms with Gasteiger partial charge >= 0.3 is 5.97 Å². The van der Waals surface area contributed by atoms with E-state index in [1.165, 1.54) is 6.92 Å². The summed E-state index contributed by atoms with van der Waals surface area (Å²) in [4.78, 5) is 10.4. The molecule has 1 unspecified atom stereocenters. The SMILES string of the molecule is C[C@@H](O)C(N)(CS)C(=O)O. The van der Waals surface area contributed by atoms with Crippen LogP contribution in [0.4, 0.5) is 0 Å². The number of thiol groups is 1. The topological polar surface area (TPSA) is 83.5 Å². The van der Waals surface area contributed by atoms with Crippen molar-refractivity contribution in [1.82, 2.24) is 0 Å². The average molecular weight is 165 g/mol. The van der Waals surface area contributed by atoms with E-state index >= 15 is 0 Å². The third kappa shape index (κ3) is 1.62. The Bertz CT molecular complexity index is 139. The predicted molar refractivity (Wildman–Crippen MR) is 40.1 cm³/mol. The second-order valence-corrected chi connectivity index (χ2v) is 2.50. The number of carboxylic acids is 1. The lowest BCUT2D eigenvalue weighted by Crippen LogP contribution is -2.57. The molecule has 60 valence electrons. The number of carboxylic acid groups (broad SMARTS) is 1. The number of nitrogens with two attached hydrogens (primary N) is 1. The van der Waals surface area contributed by atoms with E-state index in [2.05, 4.69) is 12.6 Å². The van der Waals surface area contributed by atoms with Crippen molar-refractivity contribution in [2.45, 2.75) is 18.6 Å². The zero-order valence-electron chi connectivity index (χ0n) is 5.61. The van der Waals surface area contributed by atoms with E-state index in [1.807, 2.05) is 0 Å². The Balaban J connectivity index is 4.38. The molecule has 0 spiro atoms. The zero-order chi connectivity index (χ0) is 8.36. The van der Waals surface area contributed by atoms with E-state index in [0.29, 0.717) is 0 Å². The first-order valence-corrected chi connectivity index (χ1v) is 3.39. The van der Waals surface area contributed by atoms with Gasteiger partial charge in [0.25, 0.3) is 0 Å². The number of aliphatic carboxylic acids is 1. The molecule has 0 aliphatic carbocycles. The molecule has 4 N–H and O–H groups in total. The molecule has 4 nitrogen and oxygen atoms in total. The molecular weight excluding hydrogens is 154 g/mol. The maximum atomic E-state index is 10.4. The molecule has 10 heavy (non-hydrogen) atoms. The summed E-state index contributed by atoms with van der Waals surface area (Å²) in [5, 5.41) is 17.4. The molecule has 0 aliphatic rings. The third-order valence-electron chi connectivity index (χ3n) is 1.41. The molecule has 0 bridgehead atoms. The molecule has 5 heteroatoms. The minimum absolute atomic E-state index is 0.0833. The minimum Gasteiger partial charge on any atom is -0.480 e. The lowest BCUT2D eigenvalue weighted by atomic mass is 9.98. The van der Waals surface area contributed by atoms with Crippen LogP contribution in [0.15, 0.2) is 0 Å². The van der Waals surface area contributed by atoms with Gasteiger partial charge in [-0.3, -0.25) is 4.79 Å². The standard InChI is InChI=1S/C5H11NO3S/c1-3(7)5(6,2-10)4(8)9/h3,7,10H,2,6H2,1H3,(H,8,9)/t3-,5?/m1/s1. The fraction of sp³-hybridized carbons (Fsp3) is 0.800. The smallest absolute Gasteiger partial charge is 0.327 e. The Labute approximate surface area is 64.4 Å². The van der Waals surface area contributed by atoms with Gasteiger partial charge in [-0.25, -0.2) is 0 Å². The van der Waals surface area contributed by atoms with Crippen LogP contribution < -0.4 is 5.73 Å². The van der Waals surface area contributed by atoms with Gasteiger partial charge in [0.2, 0.25) is 0 Å². The van der Waals surface area contributed by atoms with Crippen molar-refractivity contribution in [3.05, 3.63) is 0 Å². The molecule has 0 aromatic heterocycles. The minimum atomic E-state index is -1.62. The number of hydrogen-bond donors (Lipinski definition) is 4. The molecule has 0 fully saturated rings. The summed E-state index contributed by atoms with van der Waals surface area (Å²) in [5.41, 5.74) is 3.64. The van der Waals surface area contributed by atoms with Crippen LogP contribution in [0.2, 0.25) is 0 Å². The number of carbonyl (C=O) groups is 1. The van der Waals surface area contributed by atoms with Gasteiger partial charge in [-0.2, -0.15) is 12.6 Å². The molecular formula is C5H11NO3S. The summed E-state index contributed by atoms with van der Waals surface area (Å²) >= 11 is 3.71. The van der Waals surface area contributed by atoms with Crippen molar-refractivity contribution >= 4 is 18.6 Å². The average Bonchev–Trinajstić information content (AvgIpc) is 1.85. The molecule has 0 amide bonds. The number of aliphatic hydroxyl groups excluding tert-OH is 1. The highest BCUT2D eigenvalue weighted by Gasteiger charge is 2.37. The van der Waals surface area contributed by atoms with E-state index in [-0.39, 0.29) is 5.75 Å². The normalized spacial score (nSPS) is 19.6. The van der Waals surface area contributed by atoms with Crippen LogP contribution in [0.1, 0.15) is 6.92 Å². The fourth-order valence-electron chi connectivity index (χ4n) is 0.378. The van der Waals surface area contributed by atoms with E-state index in [4.69, 9.17) is 15.9 Å². The van der Waals surface area contributed by atoms with Gasteiger partial charge in [-0.1, -0.05) is 0 Å². The Morgan fingerprint density at radius 3 is 2.30 bits per heavy atom. The summed E-state index contributed by atoms with van der Waals surface area (Å²) in [6.07, 6.45) is -1.09. The number of hydrogen-bond acceptors (Lipinski definition) is 4. The monoisotopic (exact) mass is 165 g/mol. The molecule has 0 saturated carbocycles. The largest absolute Gasteiger partial charge is 0.480 e. The van der Waals surface area contributed by atoms with Crippen molar-refractivity contribution in [3.8, 4) is 0 Å². The Hall–Kier alpha value is -0.260. The number of rotatable bonds is 3. The van der Waals surface area contributed by atoms with Crippen molar-refractivity contribution in [2.24, 2.45) is 5.73 Å². The lowest BCUT2D eigenvalue weighted by molar-refractivity contribution is -0.146. The van der Waals surface area contributed by atoms with Crippen molar-refractivity contribution in [2.75, 3.05) is 5.75 Å². The molecule has 0 rings (SSSR count). The van der Waals surface area contributed by atoms with Crippen LogP contribution in [-0.4, -0.2) is 33.6 Å². The van der Waals surface area contributed by atoms with Crippen LogP contribution in [0, 0.1) is 0 Å². The molecule has 0 aliphatic heterocycles. The summed E-state index contributed by atoms with van der Waals surface area (Å²) in [6, 6.07) is 0. The van der Waals surface area contributed by atoms with E-state index < -0.39 is 17.6 Å². The first kappa shape index (κ1) is 9.74. The van der Waals surface area contributed by atoms with Crippen LogP contribution in [0.3, 0.4) is 0 Å². The van der Waals surface area contributed by atoms with E-state index in [1.54, 1.807) is 0 Å². The predicted octanol–water partition coefficient (Wildman–Crippen LogP) is -0.921. The zero-order valence-corrected chi connectivity index (χ0v) is 6.51. The van der Waals surface area contributed by atoms with Crippen LogP contribution in [-0.2, 0) is 4.79 Å². The van der Waals surface area contributed by atoms with Gasteiger partial charge in [-0.05, 0) is 6.92 Å². The van der Waals surface area contributed by atoms with Gasteiger partial charge in [0.15, 0.2) is 0 Å². The summed E-state index contributed by atoms with van der Waals surface area (Å²) < 4.78 is 0. The summed E-state index contributed by atoms with van der Waals surface area (Å²) in [7, 11) is 0. The van der Waals surface area contributed by atoms with Crippen LogP contribution in [0.5, 0.6) is 0 Å².